The number of carbonyl (C=O) groups excluding carboxylic acids is 1. The Balaban J connectivity index is 2.13. The van der Waals surface area contributed by atoms with Crippen molar-refractivity contribution in [3.8, 4) is 0 Å². The molecule has 1 atom stereocenters. The molecule has 1 unspecified atom stereocenters. The maximum Gasteiger partial charge on any atom is 0.433 e. The van der Waals surface area contributed by atoms with Crippen LogP contribution in [0.2, 0.25) is 0 Å². The van der Waals surface area contributed by atoms with E-state index in [1.54, 1.807) is 6.92 Å². The van der Waals surface area contributed by atoms with Crippen LogP contribution in [-0.4, -0.2) is 69.4 Å². The van der Waals surface area contributed by atoms with Gasteiger partial charge in [0.25, 0.3) is 5.91 Å². The molecule has 1 saturated heterocycles. The average molecular weight is 348 g/mol. The summed E-state index contributed by atoms with van der Waals surface area (Å²) >= 11 is 0. The van der Waals surface area contributed by atoms with Crippen LogP contribution in [0.5, 0.6) is 0 Å². The fraction of sp³-hybridized carbons (Fsp3) is 0.733. The van der Waals surface area contributed by atoms with Crippen molar-refractivity contribution >= 4 is 5.91 Å². The van der Waals surface area contributed by atoms with E-state index in [1.807, 2.05) is 6.92 Å². The standard InChI is InChI=1S/C15H23F3N4O2/c1-3-11(10-23)20-5-7-21(8-6-20)14(24)12-9-19-22(4-2)13(12)15(16,17)18/h9,11,23H,3-8,10H2,1-2H3. The minimum absolute atomic E-state index is 0.0239. The van der Waals surface area contributed by atoms with Gasteiger partial charge in [0.15, 0.2) is 5.69 Å². The molecule has 2 heterocycles. The third-order valence-corrected chi connectivity index (χ3v) is 4.44. The number of amides is 1. The number of aliphatic hydroxyl groups is 1. The summed E-state index contributed by atoms with van der Waals surface area (Å²) in [6, 6.07) is 0.0239. The molecule has 6 nitrogen and oxygen atoms in total. The second-order valence-corrected chi connectivity index (χ2v) is 5.79. The van der Waals surface area contributed by atoms with Gasteiger partial charge in [0.05, 0.1) is 18.4 Å². The Labute approximate surface area is 138 Å². The van der Waals surface area contributed by atoms with Crippen molar-refractivity contribution in [1.29, 1.82) is 0 Å². The van der Waals surface area contributed by atoms with Gasteiger partial charge in [0, 0.05) is 38.8 Å². The van der Waals surface area contributed by atoms with Crippen molar-refractivity contribution in [2.45, 2.75) is 39.0 Å². The first-order valence-corrected chi connectivity index (χ1v) is 8.10. The highest BCUT2D eigenvalue weighted by atomic mass is 19.4. The minimum atomic E-state index is -4.62. The fourth-order valence-electron chi connectivity index (χ4n) is 3.04. The summed E-state index contributed by atoms with van der Waals surface area (Å²) in [5.41, 5.74) is -1.38. The Bertz CT molecular complexity index is 562. The quantitative estimate of drug-likeness (QED) is 0.875. The van der Waals surface area contributed by atoms with E-state index in [2.05, 4.69) is 10.00 Å². The van der Waals surface area contributed by atoms with E-state index >= 15 is 0 Å². The summed E-state index contributed by atoms with van der Waals surface area (Å²) in [5, 5.41) is 13.0. The highest BCUT2D eigenvalue weighted by Crippen LogP contribution is 2.32. The molecule has 0 aliphatic carbocycles. The van der Waals surface area contributed by atoms with Gasteiger partial charge < -0.3 is 10.0 Å². The summed E-state index contributed by atoms with van der Waals surface area (Å²) in [7, 11) is 0. The zero-order valence-corrected chi connectivity index (χ0v) is 13.9. The lowest BCUT2D eigenvalue weighted by Crippen LogP contribution is -2.52. The van der Waals surface area contributed by atoms with Gasteiger partial charge in [-0.2, -0.15) is 18.3 Å². The van der Waals surface area contributed by atoms with Crippen LogP contribution in [0.4, 0.5) is 13.2 Å². The van der Waals surface area contributed by atoms with Gasteiger partial charge in [-0.05, 0) is 13.3 Å². The number of piperazine rings is 1. The van der Waals surface area contributed by atoms with Crippen LogP contribution >= 0.6 is 0 Å². The molecule has 1 N–H and O–H groups in total. The van der Waals surface area contributed by atoms with Crippen LogP contribution in [0.25, 0.3) is 0 Å². The van der Waals surface area contributed by atoms with E-state index < -0.39 is 23.3 Å². The van der Waals surface area contributed by atoms with E-state index in [4.69, 9.17) is 0 Å². The Morgan fingerprint density at radius 1 is 1.29 bits per heavy atom. The highest BCUT2D eigenvalue weighted by Gasteiger charge is 2.41. The predicted octanol–water partition coefficient (Wildman–Crippen LogP) is 1.45. The normalized spacial score (nSPS) is 18.0. The molecule has 0 saturated carbocycles. The van der Waals surface area contributed by atoms with Crippen molar-refractivity contribution < 1.29 is 23.1 Å². The molecule has 0 radical (unpaired) electrons. The number of nitrogens with zero attached hydrogens (tertiary/aromatic N) is 4. The first-order chi connectivity index (χ1) is 11.3. The van der Waals surface area contributed by atoms with Crippen LogP contribution < -0.4 is 0 Å². The Kier molecular flexibility index (Phi) is 5.87. The Hall–Kier alpha value is -1.61. The monoisotopic (exact) mass is 348 g/mol. The molecule has 1 fully saturated rings. The Morgan fingerprint density at radius 2 is 1.92 bits per heavy atom. The third-order valence-electron chi connectivity index (χ3n) is 4.44. The molecule has 1 aliphatic heterocycles. The minimum Gasteiger partial charge on any atom is -0.395 e. The fourth-order valence-corrected chi connectivity index (χ4v) is 3.04. The number of carbonyl (C=O) groups is 1. The van der Waals surface area contributed by atoms with Crippen molar-refractivity contribution in [2.75, 3.05) is 32.8 Å². The summed E-state index contributed by atoms with van der Waals surface area (Å²) in [6.45, 7) is 5.34. The maximum absolute atomic E-state index is 13.2. The number of aryl methyl sites for hydroxylation is 1. The maximum atomic E-state index is 13.2. The van der Waals surface area contributed by atoms with Gasteiger partial charge >= 0.3 is 6.18 Å². The molecule has 136 valence electrons. The van der Waals surface area contributed by atoms with Crippen LogP contribution in [0.15, 0.2) is 6.20 Å². The van der Waals surface area contributed by atoms with Crippen LogP contribution in [0.1, 0.15) is 36.3 Å². The van der Waals surface area contributed by atoms with Crippen LogP contribution in [-0.2, 0) is 12.7 Å². The van der Waals surface area contributed by atoms with E-state index in [0.717, 1.165) is 17.3 Å². The zero-order valence-electron chi connectivity index (χ0n) is 13.9. The van der Waals surface area contributed by atoms with Crippen molar-refractivity contribution in [3.63, 3.8) is 0 Å². The topological polar surface area (TPSA) is 61.6 Å². The number of rotatable bonds is 5. The summed E-state index contributed by atoms with van der Waals surface area (Å²) in [6.07, 6.45) is -2.83. The molecule has 0 aromatic carbocycles. The van der Waals surface area contributed by atoms with E-state index in [9.17, 15) is 23.1 Å². The smallest absolute Gasteiger partial charge is 0.395 e. The van der Waals surface area contributed by atoms with Gasteiger partial charge in [0.1, 0.15) is 0 Å². The predicted molar refractivity (Wildman–Crippen MR) is 81.5 cm³/mol. The number of halogens is 3. The second kappa shape index (κ2) is 7.52. The molecule has 24 heavy (non-hydrogen) atoms. The first kappa shape index (κ1) is 18.7. The molecule has 1 aliphatic rings. The zero-order chi connectivity index (χ0) is 17.9. The average Bonchev–Trinajstić information content (AvgIpc) is 3.00. The molecule has 1 amide bonds. The lowest BCUT2D eigenvalue weighted by Gasteiger charge is -2.38. The SMILES string of the molecule is CCC(CO)N1CCN(C(=O)c2cnn(CC)c2C(F)(F)F)CC1. The number of alkyl halides is 3. The van der Waals surface area contributed by atoms with Gasteiger partial charge in [-0.1, -0.05) is 6.92 Å². The first-order valence-electron chi connectivity index (χ1n) is 8.10. The molecule has 0 bridgehead atoms. The molecule has 2 rings (SSSR count). The number of aromatic nitrogens is 2. The van der Waals surface area contributed by atoms with Gasteiger partial charge in [-0.25, -0.2) is 0 Å². The van der Waals surface area contributed by atoms with Crippen molar-refractivity contribution in [3.05, 3.63) is 17.5 Å². The second-order valence-electron chi connectivity index (χ2n) is 5.79. The lowest BCUT2D eigenvalue weighted by molar-refractivity contribution is -0.144. The van der Waals surface area contributed by atoms with Crippen molar-refractivity contribution in [1.82, 2.24) is 19.6 Å². The molecular formula is C15H23F3N4O2. The lowest BCUT2D eigenvalue weighted by atomic mass is 10.1. The highest BCUT2D eigenvalue weighted by molar-refractivity contribution is 5.95. The van der Waals surface area contributed by atoms with Gasteiger partial charge in [-0.15, -0.1) is 0 Å². The van der Waals surface area contributed by atoms with E-state index in [1.165, 1.54) is 4.90 Å². The molecule has 1 aromatic rings. The molecule has 9 heteroatoms. The largest absolute Gasteiger partial charge is 0.433 e. The van der Waals surface area contributed by atoms with E-state index in [0.29, 0.717) is 26.2 Å². The molecule has 0 spiro atoms. The third kappa shape index (κ3) is 3.72. The number of hydrogen-bond acceptors (Lipinski definition) is 4. The summed E-state index contributed by atoms with van der Waals surface area (Å²) < 4.78 is 40.6. The number of hydrogen-bond donors (Lipinski definition) is 1. The molecular weight excluding hydrogens is 325 g/mol. The van der Waals surface area contributed by atoms with E-state index in [-0.39, 0.29) is 19.2 Å². The van der Waals surface area contributed by atoms with Crippen LogP contribution in [0, 0.1) is 0 Å². The Morgan fingerprint density at radius 3 is 2.38 bits per heavy atom. The summed E-state index contributed by atoms with van der Waals surface area (Å²) in [4.78, 5) is 16.0. The summed E-state index contributed by atoms with van der Waals surface area (Å²) in [5.74, 6) is -0.640. The number of aliphatic hydroxyl groups excluding tert-OH is 1. The van der Waals surface area contributed by atoms with Gasteiger partial charge in [-0.3, -0.25) is 14.4 Å². The van der Waals surface area contributed by atoms with Crippen molar-refractivity contribution in [2.24, 2.45) is 0 Å². The van der Waals surface area contributed by atoms with Gasteiger partial charge in [0.2, 0.25) is 0 Å². The van der Waals surface area contributed by atoms with Crippen LogP contribution in [0.3, 0.4) is 0 Å². The molecule has 1 aromatic heterocycles.